The fourth-order valence-electron chi connectivity index (χ4n) is 4.39. The number of aromatic nitrogens is 3. The highest BCUT2D eigenvalue weighted by molar-refractivity contribution is 5.93. The van der Waals surface area contributed by atoms with Crippen LogP contribution in [0.3, 0.4) is 0 Å². The molecule has 6 heteroatoms. The first-order valence-electron chi connectivity index (χ1n) is 8.68. The first-order chi connectivity index (χ1) is 12.1. The molecule has 0 amide bonds. The van der Waals surface area contributed by atoms with Gasteiger partial charge in [-0.05, 0) is 43.1 Å². The van der Waals surface area contributed by atoms with Gasteiger partial charge in [0.25, 0.3) is 5.56 Å². The second kappa shape index (κ2) is 5.26. The normalized spacial score (nSPS) is 22.2. The number of hydrogen-bond acceptors (Lipinski definition) is 3. The van der Waals surface area contributed by atoms with Gasteiger partial charge in [0.2, 0.25) is 0 Å². The van der Waals surface area contributed by atoms with Crippen molar-refractivity contribution in [3.05, 3.63) is 52.2 Å². The van der Waals surface area contributed by atoms with E-state index in [0.717, 1.165) is 48.2 Å². The maximum absolute atomic E-state index is 13.8. The fourth-order valence-corrected chi connectivity index (χ4v) is 4.39. The molecule has 128 valence electrons. The van der Waals surface area contributed by atoms with Crippen LogP contribution < -0.4 is 10.9 Å². The van der Waals surface area contributed by atoms with Crippen LogP contribution in [-0.4, -0.2) is 27.4 Å². The van der Waals surface area contributed by atoms with Gasteiger partial charge in [-0.2, -0.15) is 5.10 Å². The van der Waals surface area contributed by atoms with Gasteiger partial charge in [0, 0.05) is 48.8 Å². The number of benzene rings is 1. The smallest absolute Gasteiger partial charge is 0.251 e. The summed E-state index contributed by atoms with van der Waals surface area (Å²) in [7, 11) is 1.84. The van der Waals surface area contributed by atoms with Crippen molar-refractivity contribution in [2.45, 2.75) is 18.9 Å². The molecule has 25 heavy (non-hydrogen) atoms. The Labute approximate surface area is 144 Å². The number of pyridine rings is 1. The van der Waals surface area contributed by atoms with E-state index < -0.39 is 0 Å². The summed E-state index contributed by atoms with van der Waals surface area (Å²) in [5, 5.41) is 8.76. The van der Waals surface area contributed by atoms with E-state index in [0.29, 0.717) is 17.5 Å². The van der Waals surface area contributed by atoms with Crippen molar-refractivity contribution >= 4 is 10.9 Å². The first-order valence-corrected chi connectivity index (χ1v) is 8.68. The van der Waals surface area contributed by atoms with Gasteiger partial charge in [-0.15, -0.1) is 0 Å². The number of rotatable bonds is 1. The number of halogens is 1. The van der Waals surface area contributed by atoms with Crippen LogP contribution in [0.5, 0.6) is 0 Å². The molecule has 5 rings (SSSR count). The summed E-state index contributed by atoms with van der Waals surface area (Å²) in [5.74, 6) is 0.585. The maximum Gasteiger partial charge on any atom is 0.251 e. The summed E-state index contributed by atoms with van der Waals surface area (Å²) in [5.41, 5.74) is 3.38. The third-order valence-electron chi connectivity index (χ3n) is 5.55. The second-order valence-corrected chi connectivity index (χ2v) is 7.21. The van der Waals surface area contributed by atoms with Crippen LogP contribution in [0.1, 0.15) is 18.0 Å². The third kappa shape index (κ3) is 2.24. The molecule has 1 saturated heterocycles. The lowest BCUT2D eigenvalue weighted by Gasteiger charge is -2.37. The predicted octanol–water partition coefficient (Wildman–Crippen LogP) is 2.25. The molecule has 2 bridgehead atoms. The Kier molecular flexibility index (Phi) is 3.12. The number of aryl methyl sites for hydroxylation is 1. The molecule has 0 unspecified atom stereocenters. The molecule has 2 aliphatic heterocycles. The number of fused-ring (bicyclic) bond motifs is 5. The van der Waals surface area contributed by atoms with Crippen LogP contribution in [-0.2, 0) is 13.6 Å². The molecule has 5 nitrogen and oxygen atoms in total. The Morgan fingerprint density at radius 3 is 3.00 bits per heavy atom. The summed E-state index contributed by atoms with van der Waals surface area (Å²) in [6, 6.07) is 8.37. The van der Waals surface area contributed by atoms with Gasteiger partial charge < -0.3 is 9.88 Å². The van der Waals surface area contributed by atoms with E-state index in [1.807, 2.05) is 11.6 Å². The zero-order valence-electron chi connectivity index (χ0n) is 14.0. The standard InChI is InChI=1S/C19H19FN4O/c1-23-16-3-2-14(20)7-15(16)19(22-23)12-5-17-13-4-11(8-21-9-13)10-24(17)18(25)6-12/h2-3,5-7,11,13,21H,4,8-10H2,1H3/t11-,13+/m0/s1. The summed E-state index contributed by atoms with van der Waals surface area (Å²) in [4.78, 5) is 12.7. The molecule has 0 radical (unpaired) electrons. The summed E-state index contributed by atoms with van der Waals surface area (Å²) in [6.45, 7) is 2.65. The summed E-state index contributed by atoms with van der Waals surface area (Å²) >= 11 is 0. The minimum absolute atomic E-state index is 0.0132. The molecule has 3 aromatic rings. The monoisotopic (exact) mass is 338 g/mol. The molecule has 4 heterocycles. The van der Waals surface area contributed by atoms with Crippen molar-refractivity contribution in [3.63, 3.8) is 0 Å². The Bertz CT molecular complexity index is 1050. The van der Waals surface area contributed by atoms with Crippen LogP contribution in [0.4, 0.5) is 4.39 Å². The van der Waals surface area contributed by atoms with E-state index in [-0.39, 0.29) is 11.4 Å². The van der Waals surface area contributed by atoms with E-state index in [1.54, 1.807) is 16.8 Å². The molecule has 0 saturated carbocycles. The van der Waals surface area contributed by atoms with Gasteiger partial charge in [0.15, 0.2) is 0 Å². The minimum atomic E-state index is -0.296. The number of piperidine rings is 1. The van der Waals surface area contributed by atoms with Crippen LogP contribution in [0, 0.1) is 11.7 Å². The highest BCUT2D eigenvalue weighted by Gasteiger charge is 2.31. The molecular formula is C19H19FN4O. The van der Waals surface area contributed by atoms with Crippen LogP contribution in [0.15, 0.2) is 35.1 Å². The number of nitrogens with one attached hydrogen (secondary N) is 1. The fraction of sp³-hybridized carbons (Fsp3) is 0.368. The second-order valence-electron chi connectivity index (χ2n) is 7.21. The van der Waals surface area contributed by atoms with Gasteiger partial charge in [-0.25, -0.2) is 4.39 Å². The Morgan fingerprint density at radius 1 is 1.24 bits per heavy atom. The molecular weight excluding hydrogens is 319 g/mol. The van der Waals surface area contributed by atoms with E-state index in [2.05, 4.69) is 16.5 Å². The maximum atomic E-state index is 13.8. The molecule has 2 atom stereocenters. The van der Waals surface area contributed by atoms with Crippen molar-refractivity contribution in [1.29, 1.82) is 0 Å². The van der Waals surface area contributed by atoms with Crippen LogP contribution in [0.2, 0.25) is 0 Å². The largest absolute Gasteiger partial charge is 0.316 e. The zero-order chi connectivity index (χ0) is 17.1. The molecule has 1 N–H and O–H groups in total. The lowest BCUT2D eigenvalue weighted by Crippen LogP contribution is -2.44. The Morgan fingerprint density at radius 2 is 2.12 bits per heavy atom. The van der Waals surface area contributed by atoms with Gasteiger partial charge in [0.1, 0.15) is 11.5 Å². The highest BCUT2D eigenvalue weighted by Crippen LogP contribution is 2.35. The van der Waals surface area contributed by atoms with Gasteiger partial charge in [-0.3, -0.25) is 9.48 Å². The number of nitrogens with zero attached hydrogens (tertiary/aromatic N) is 3. The molecule has 1 aromatic carbocycles. The van der Waals surface area contributed by atoms with Gasteiger partial charge in [-0.1, -0.05) is 0 Å². The molecule has 0 aliphatic carbocycles. The third-order valence-corrected chi connectivity index (χ3v) is 5.55. The van der Waals surface area contributed by atoms with Crippen LogP contribution >= 0.6 is 0 Å². The summed E-state index contributed by atoms with van der Waals surface area (Å²) in [6.07, 6.45) is 1.12. The van der Waals surface area contributed by atoms with E-state index >= 15 is 0 Å². The van der Waals surface area contributed by atoms with Gasteiger partial charge >= 0.3 is 0 Å². The average Bonchev–Trinajstić information content (AvgIpc) is 2.92. The van der Waals surface area contributed by atoms with Crippen molar-refractivity contribution in [2.75, 3.05) is 13.1 Å². The SMILES string of the molecule is Cn1nc(-c2cc3n(c(=O)c2)C[C@@H]2CNC[C@H]3C2)c2cc(F)ccc21. The van der Waals surface area contributed by atoms with Crippen molar-refractivity contribution < 1.29 is 4.39 Å². The molecule has 1 fully saturated rings. The van der Waals surface area contributed by atoms with E-state index in [9.17, 15) is 9.18 Å². The van der Waals surface area contributed by atoms with Gasteiger partial charge in [0.05, 0.1) is 5.52 Å². The zero-order valence-corrected chi connectivity index (χ0v) is 14.0. The van der Waals surface area contributed by atoms with Crippen molar-refractivity contribution in [2.24, 2.45) is 13.0 Å². The lowest BCUT2D eigenvalue weighted by molar-refractivity contribution is 0.257. The van der Waals surface area contributed by atoms with Crippen LogP contribution in [0.25, 0.3) is 22.2 Å². The first kappa shape index (κ1) is 14.8. The Hall–Kier alpha value is -2.47. The molecule has 0 spiro atoms. The minimum Gasteiger partial charge on any atom is -0.316 e. The lowest BCUT2D eigenvalue weighted by atomic mass is 9.83. The molecule has 2 aromatic heterocycles. The quantitative estimate of drug-likeness (QED) is 0.740. The topological polar surface area (TPSA) is 51.9 Å². The van der Waals surface area contributed by atoms with E-state index in [1.165, 1.54) is 12.1 Å². The van der Waals surface area contributed by atoms with Crippen molar-refractivity contribution in [1.82, 2.24) is 19.7 Å². The Balaban J connectivity index is 1.73. The van der Waals surface area contributed by atoms with Crippen molar-refractivity contribution in [3.8, 4) is 11.3 Å². The summed E-state index contributed by atoms with van der Waals surface area (Å²) < 4.78 is 17.4. The highest BCUT2D eigenvalue weighted by atomic mass is 19.1. The predicted molar refractivity (Wildman–Crippen MR) is 94.1 cm³/mol. The van der Waals surface area contributed by atoms with E-state index in [4.69, 9.17) is 0 Å². The number of hydrogen-bond donors (Lipinski definition) is 1. The average molecular weight is 338 g/mol. The molecule has 2 aliphatic rings.